The molecular formula is C56H107N2O6P. The fourth-order valence-electron chi connectivity index (χ4n) is 7.89. The van der Waals surface area contributed by atoms with Crippen molar-refractivity contribution in [2.24, 2.45) is 0 Å². The number of rotatable bonds is 50. The van der Waals surface area contributed by atoms with Crippen molar-refractivity contribution in [3.05, 3.63) is 48.6 Å². The molecule has 0 aromatic rings. The van der Waals surface area contributed by atoms with E-state index in [0.29, 0.717) is 17.4 Å². The van der Waals surface area contributed by atoms with Gasteiger partial charge in [0.2, 0.25) is 5.91 Å². The average molecular weight is 935 g/mol. The Hall–Kier alpha value is -1.54. The number of hydrogen-bond acceptors (Lipinski definition) is 6. The summed E-state index contributed by atoms with van der Waals surface area (Å²) in [5.41, 5.74) is 0. The SMILES string of the molecule is CCCCCC/C=C\CCCCCCCC(=O)NC(COP(=O)([O-])OCC[N+](C)(C)C)C(O)/C=C/CC/C=C/CC/C=C/CCCCCCCCCCCCCCCCCCCCCC. The van der Waals surface area contributed by atoms with Gasteiger partial charge in [-0.05, 0) is 70.6 Å². The van der Waals surface area contributed by atoms with E-state index >= 15 is 0 Å². The van der Waals surface area contributed by atoms with E-state index in [1.165, 1.54) is 167 Å². The zero-order chi connectivity index (χ0) is 47.8. The number of aliphatic hydroxyl groups is 1. The van der Waals surface area contributed by atoms with Gasteiger partial charge in [0.15, 0.2) is 0 Å². The first-order chi connectivity index (χ1) is 31.5. The van der Waals surface area contributed by atoms with Crippen molar-refractivity contribution < 1.29 is 32.9 Å². The second-order valence-corrected chi connectivity index (χ2v) is 21.3. The Bertz CT molecular complexity index is 1200. The van der Waals surface area contributed by atoms with E-state index in [1.807, 2.05) is 27.2 Å². The predicted octanol–water partition coefficient (Wildman–Crippen LogP) is 15.7. The number of nitrogens with one attached hydrogen (secondary N) is 1. The monoisotopic (exact) mass is 935 g/mol. The first kappa shape index (κ1) is 63.5. The Kier molecular flexibility index (Phi) is 46.4. The van der Waals surface area contributed by atoms with E-state index in [-0.39, 0.29) is 12.5 Å². The van der Waals surface area contributed by atoms with Crippen molar-refractivity contribution in [2.75, 3.05) is 40.9 Å². The lowest BCUT2D eigenvalue weighted by atomic mass is 10.0. The average Bonchev–Trinajstić information content (AvgIpc) is 3.26. The molecule has 0 rings (SSSR count). The minimum atomic E-state index is -4.61. The van der Waals surface area contributed by atoms with Gasteiger partial charge in [0, 0.05) is 6.42 Å². The lowest BCUT2D eigenvalue weighted by Crippen LogP contribution is -2.45. The Morgan fingerprint density at radius 3 is 1.26 bits per heavy atom. The molecule has 0 fully saturated rings. The highest BCUT2D eigenvalue weighted by Gasteiger charge is 2.23. The largest absolute Gasteiger partial charge is 0.756 e. The van der Waals surface area contributed by atoms with Crippen molar-refractivity contribution in [1.29, 1.82) is 0 Å². The molecule has 0 saturated carbocycles. The van der Waals surface area contributed by atoms with Crippen LogP contribution in [0.4, 0.5) is 0 Å². The molecule has 0 aromatic heterocycles. The number of phosphoric acid groups is 1. The molecule has 0 spiro atoms. The summed E-state index contributed by atoms with van der Waals surface area (Å²) in [4.78, 5) is 25.4. The quantitative estimate of drug-likeness (QED) is 0.0272. The standard InChI is InChI=1S/C56H107N2O6P/c1-6-8-10-12-14-16-18-20-21-22-23-24-25-26-27-28-29-30-31-32-33-34-35-36-38-39-41-43-45-47-49-55(59)54(53-64-65(61,62)63-52-51-58(3,4)5)57-56(60)50-48-46-44-42-40-37-19-17-15-13-11-9-7-2/h17,19,34-35,39,41,47,49,54-55,59H,6-16,18,20-33,36-38,40,42-46,48,50-53H2,1-5H3,(H-,57,60,61,62)/b19-17-,35-34+,41-39+,49-47+. The Balaban J connectivity index is 4.21. The molecule has 0 heterocycles. The Morgan fingerprint density at radius 2 is 0.862 bits per heavy atom. The van der Waals surface area contributed by atoms with Crippen LogP contribution in [0.15, 0.2) is 48.6 Å². The summed E-state index contributed by atoms with van der Waals surface area (Å²) in [5.74, 6) is -0.221. The molecule has 0 radical (unpaired) electrons. The molecule has 0 aliphatic heterocycles. The summed E-state index contributed by atoms with van der Waals surface area (Å²) >= 11 is 0. The van der Waals surface area contributed by atoms with Crippen LogP contribution >= 0.6 is 7.82 Å². The molecule has 1 amide bonds. The number of amides is 1. The molecule has 0 aromatic carbocycles. The van der Waals surface area contributed by atoms with Crippen LogP contribution in [0.3, 0.4) is 0 Å². The van der Waals surface area contributed by atoms with E-state index in [2.05, 4.69) is 55.6 Å². The number of allylic oxidation sites excluding steroid dienone is 7. The molecule has 65 heavy (non-hydrogen) atoms. The lowest BCUT2D eigenvalue weighted by molar-refractivity contribution is -0.870. The molecule has 0 saturated heterocycles. The molecule has 2 N–H and O–H groups in total. The van der Waals surface area contributed by atoms with Gasteiger partial charge in [0.05, 0.1) is 39.9 Å². The van der Waals surface area contributed by atoms with Crippen LogP contribution in [0.2, 0.25) is 0 Å². The maximum Gasteiger partial charge on any atom is 0.268 e. The summed E-state index contributed by atoms with van der Waals surface area (Å²) in [7, 11) is 1.23. The fraction of sp³-hybridized carbons (Fsp3) is 0.839. The fourth-order valence-corrected chi connectivity index (χ4v) is 8.61. The maximum atomic E-state index is 12.9. The van der Waals surface area contributed by atoms with E-state index in [1.54, 1.807) is 6.08 Å². The minimum absolute atomic E-state index is 0.0113. The number of likely N-dealkylation sites (N-methyl/N-ethyl adjacent to an activating group) is 1. The van der Waals surface area contributed by atoms with E-state index in [4.69, 9.17) is 9.05 Å². The van der Waals surface area contributed by atoms with Crippen LogP contribution in [0.25, 0.3) is 0 Å². The highest BCUT2D eigenvalue weighted by molar-refractivity contribution is 7.45. The smallest absolute Gasteiger partial charge is 0.268 e. The number of phosphoric ester groups is 1. The van der Waals surface area contributed by atoms with Crippen LogP contribution in [0.5, 0.6) is 0 Å². The van der Waals surface area contributed by atoms with Crippen LogP contribution in [-0.4, -0.2) is 68.5 Å². The van der Waals surface area contributed by atoms with Gasteiger partial charge in [0.1, 0.15) is 13.2 Å². The highest BCUT2D eigenvalue weighted by atomic mass is 31.2. The minimum Gasteiger partial charge on any atom is -0.756 e. The van der Waals surface area contributed by atoms with Crippen molar-refractivity contribution >= 4 is 13.7 Å². The third-order valence-electron chi connectivity index (χ3n) is 12.2. The summed E-state index contributed by atoms with van der Waals surface area (Å²) in [6.45, 7) is 4.61. The number of hydrogen-bond donors (Lipinski definition) is 2. The number of unbranched alkanes of at least 4 members (excludes halogenated alkanes) is 31. The number of aliphatic hydroxyl groups excluding tert-OH is 1. The summed E-state index contributed by atoms with van der Waals surface area (Å²) in [6.07, 6.45) is 62.0. The van der Waals surface area contributed by atoms with Crippen LogP contribution < -0.4 is 10.2 Å². The topological polar surface area (TPSA) is 108 Å². The Labute approximate surface area is 403 Å². The second kappa shape index (κ2) is 47.5. The van der Waals surface area contributed by atoms with Crippen LogP contribution in [0, 0.1) is 0 Å². The normalized spacial score (nSPS) is 14.4. The molecule has 0 bridgehead atoms. The van der Waals surface area contributed by atoms with Gasteiger partial charge < -0.3 is 28.8 Å². The molecule has 3 unspecified atom stereocenters. The van der Waals surface area contributed by atoms with Gasteiger partial charge in [-0.15, -0.1) is 0 Å². The van der Waals surface area contributed by atoms with Gasteiger partial charge >= 0.3 is 0 Å². The molecule has 0 aliphatic rings. The number of quaternary nitrogens is 1. The van der Waals surface area contributed by atoms with Crippen LogP contribution in [0.1, 0.15) is 251 Å². The number of nitrogens with zero attached hydrogens (tertiary/aromatic N) is 1. The Morgan fingerprint density at radius 1 is 0.523 bits per heavy atom. The summed E-state index contributed by atoms with van der Waals surface area (Å²) in [6, 6.07) is -0.914. The third kappa shape index (κ3) is 50.2. The van der Waals surface area contributed by atoms with Crippen molar-refractivity contribution in [1.82, 2.24) is 5.32 Å². The van der Waals surface area contributed by atoms with Gasteiger partial charge in [-0.2, -0.15) is 0 Å². The molecule has 3 atom stereocenters. The lowest BCUT2D eigenvalue weighted by Gasteiger charge is -2.29. The first-order valence-corrected chi connectivity index (χ1v) is 29.0. The molecule has 8 nitrogen and oxygen atoms in total. The van der Waals surface area contributed by atoms with E-state index < -0.39 is 26.6 Å². The first-order valence-electron chi connectivity index (χ1n) is 27.5. The van der Waals surface area contributed by atoms with Crippen LogP contribution in [-0.2, 0) is 18.4 Å². The number of carbonyl (C=O) groups excluding carboxylic acids is 1. The van der Waals surface area contributed by atoms with Gasteiger partial charge in [0.25, 0.3) is 7.82 Å². The third-order valence-corrected chi connectivity index (χ3v) is 13.2. The molecule has 0 aliphatic carbocycles. The van der Waals surface area contributed by atoms with E-state index in [0.717, 1.165) is 64.2 Å². The van der Waals surface area contributed by atoms with E-state index in [9.17, 15) is 19.4 Å². The van der Waals surface area contributed by atoms with Gasteiger partial charge in [-0.25, -0.2) is 0 Å². The zero-order valence-corrected chi connectivity index (χ0v) is 44.3. The summed E-state index contributed by atoms with van der Waals surface area (Å²) in [5, 5.41) is 13.8. The van der Waals surface area contributed by atoms with Crippen molar-refractivity contribution in [3.8, 4) is 0 Å². The summed E-state index contributed by atoms with van der Waals surface area (Å²) < 4.78 is 23.2. The predicted molar refractivity (Wildman–Crippen MR) is 279 cm³/mol. The highest BCUT2D eigenvalue weighted by Crippen LogP contribution is 2.38. The van der Waals surface area contributed by atoms with Gasteiger partial charge in [-0.1, -0.05) is 223 Å². The van der Waals surface area contributed by atoms with Crippen molar-refractivity contribution in [3.63, 3.8) is 0 Å². The molecular weight excluding hydrogens is 828 g/mol. The van der Waals surface area contributed by atoms with Gasteiger partial charge in [-0.3, -0.25) is 9.36 Å². The molecule has 382 valence electrons. The zero-order valence-electron chi connectivity index (χ0n) is 43.4. The number of carbonyl (C=O) groups is 1. The second-order valence-electron chi connectivity index (χ2n) is 19.9. The molecule has 9 heteroatoms. The maximum absolute atomic E-state index is 12.9. The van der Waals surface area contributed by atoms with Crippen molar-refractivity contribution in [2.45, 2.75) is 264 Å².